The molecule has 2 aromatic heterocycles. The summed E-state index contributed by atoms with van der Waals surface area (Å²) in [4.78, 5) is 22.7. The van der Waals surface area contributed by atoms with Gasteiger partial charge in [0.25, 0.3) is 0 Å². The van der Waals surface area contributed by atoms with Crippen LogP contribution in [0.1, 0.15) is 76.1 Å². The number of benzene rings is 1. The smallest absolute Gasteiger partial charge is 0.320 e. The number of rotatable bonds is 8. The number of hydrogen-bond acceptors (Lipinski definition) is 9. The fourth-order valence-electron chi connectivity index (χ4n) is 6.68. The second-order valence-corrected chi connectivity index (χ2v) is 14.7. The Labute approximate surface area is 305 Å². The molecule has 278 valence electrons. The number of aromatic nitrogens is 3. The third-order valence-electron chi connectivity index (χ3n) is 9.84. The van der Waals surface area contributed by atoms with E-state index < -0.39 is 0 Å². The molecule has 14 nitrogen and oxygen atoms in total. The molecular formula is C38H53N11O3. The summed E-state index contributed by atoms with van der Waals surface area (Å²) < 4.78 is 15.4. The number of fused-ring (bicyclic) bond motifs is 1. The van der Waals surface area contributed by atoms with Crippen molar-refractivity contribution in [2.75, 3.05) is 45.9 Å². The van der Waals surface area contributed by atoms with Crippen molar-refractivity contribution in [3.8, 4) is 5.75 Å². The second-order valence-electron chi connectivity index (χ2n) is 14.7. The first kappa shape index (κ1) is 36.8. The van der Waals surface area contributed by atoms with Crippen molar-refractivity contribution < 1.29 is 14.3 Å². The normalized spacial score (nSPS) is 20.2. The Hall–Kier alpha value is -4.95. The quantitative estimate of drug-likeness (QED) is 0.167. The summed E-state index contributed by atoms with van der Waals surface area (Å²) in [6.07, 6.45) is 11.3. The summed E-state index contributed by atoms with van der Waals surface area (Å²) in [7, 11) is 0. The molecule has 4 heterocycles. The predicted octanol–water partition coefficient (Wildman–Crippen LogP) is 4.64. The molecule has 6 N–H and O–H groups in total. The van der Waals surface area contributed by atoms with Crippen LogP contribution in [0.4, 0.5) is 10.5 Å². The highest BCUT2D eigenvalue weighted by molar-refractivity contribution is 6.05. The third-order valence-corrected chi connectivity index (χ3v) is 9.84. The van der Waals surface area contributed by atoms with Crippen LogP contribution in [0, 0.1) is 16.2 Å². The van der Waals surface area contributed by atoms with E-state index in [0.717, 1.165) is 76.5 Å². The number of carbonyl (C=O) groups excluding carboxylic acids is 1. The topological polar surface area (TPSA) is 175 Å². The van der Waals surface area contributed by atoms with Crippen LogP contribution in [0.3, 0.4) is 0 Å². The van der Waals surface area contributed by atoms with Gasteiger partial charge in [-0.1, -0.05) is 45.0 Å². The number of hydrogen-bond donors (Lipinski definition) is 5. The summed E-state index contributed by atoms with van der Waals surface area (Å²) in [5.74, 6) is 1.22. The van der Waals surface area contributed by atoms with Crippen molar-refractivity contribution >= 4 is 23.5 Å². The highest BCUT2D eigenvalue weighted by atomic mass is 16.5. The number of nitrogens with zero attached hydrogens (tertiary/aromatic N) is 6. The van der Waals surface area contributed by atoms with Crippen LogP contribution in [-0.2, 0) is 11.3 Å². The van der Waals surface area contributed by atoms with E-state index in [0.29, 0.717) is 41.8 Å². The van der Waals surface area contributed by atoms with E-state index in [9.17, 15) is 4.79 Å². The molecule has 3 aromatic rings. The molecule has 2 saturated heterocycles. The number of piperidine rings is 1. The van der Waals surface area contributed by atoms with E-state index in [-0.39, 0.29) is 29.1 Å². The molecule has 1 aromatic carbocycles. The summed E-state index contributed by atoms with van der Waals surface area (Å²) in [6, 6.07) is 10.8. The van der Waals surface area contributed by atoms with Crippen LogP contribution in [0.2, 0.25) is 0 Å². The molecule has 0 bridgehead atoms. The minimum atomic E-state index is -0.390. The van der Waals surface area contributed by atoms with Crippen molar-refractivity contribution in [1.82, 2.24) is 34.8 Å². The van der Waals surface area contributed by atoms with Crippen molar-refractivity contribution in [2.24, 2.45) is 16.1 Å². The zero-order chi connectivity index (χ0) is 36.7. The van der Waals surface area contributed by atoms with Crippen LogP contribution in [0.25, 0.3) is 0 Å². The number of nitrogens with one attached hydrogen (secondary N) is 4. The second kappa shape index (κ2) is 16.6. The molecule has 14 heteroatoms. The van der Waals surface area contributed by atoms with Gasteiger partial charge in [0, 0.05) is 49.9 Å². The average Bonchev–Trinajstić information content (AvgIpc) is 3.59. The summed E-state index contributed by atoms with van der Waals surface area (Å²) >= 11 is 0. The Bertz CT molecular complexity index is 1830. The number of likely N-dealkylation sites (tertiary alicyclic amines) is 1. The lowest BCUT2D eigenvalue weighted by Crippen LogP contribution is -2.43. The monoisotopic (exact) mass is 711 g/mol. The van der Waals surface area contributed by atoms with E-state index in [2.05, 4.69) is 20.6 Å². The molecule has 0 spiro atoms. The van der Waals surface area contributed by atoms with Crippen LogP contribution < -0.4 is 26.6 Å². The van der Waals surface area contributed by atoms with Gasteiger partial charge in [-0.2, -0.15) is 5.10 Å². The third kappa shape index (κ3) is 9.48. The molecule has 2 amide bonds. The van der Waals surface area contributed by atoms with Gasteiger partial charge in [0.1, 0.15) is 28.9 Å². The Morgan fingerprint density at radius 3 is 2.54 bits per heavy atom. The molecule has 2 fully saturated rings. The minimum absolute atomic E-state index is 0.238. The van der Waals surface area contributed by atoms with Crippen LogP contribution in [0.5, 0.6) is 5.75 Å². The number of aliphatic imine (C=N–C) groups is 1. The SMILES string of the molecule is CC(C)(C)/C(N)=C/C(=Nc1cnn(CCN2CCOCC2)c1)NC(=O)NC1CCC(Oc2ccc(=N)n(C(=N)N3CCCCC3)c2)c2ccccc21. The van der Waals surface area contributed by atoms with Crippen LogP contribution >= 0.6 is 0 Å². The van der Waals surface area contributed by atoms with E-state index in [1.165, 1.54) is 6.42 Å². The maximum Gasteiger partial charge on any atom is 0.320 e. The molecule has 1 aliphatic carbocycles. The zero-order valence-electron chi connectivity index (χ0n) is 30.6. The summed E-state index contributed by atoms with van der Waals surface area (Å²) in [6.45, 7) is 12.6. The highest BCUT2D eigenvalue weighted by Gasteiger charge is 2.30. The van der Waals surface area contributed by atoms with Gasteiger partial charge in [-0.25, -0.2) is 9.79 Å². The van der Waals surface area contributed by atoms with E-state index in [1.54, 1.807) is 35.2 Å². The number of ether oxygens (including phenoxy) is 2. The highest BCUT2D eigenvalue weighted by Crippen LogP contribution is 2.38. The maximum atomic E-state index is 13.6. The number of allylic oxidation sites excluding steroid dienone is 1. The van der Waals surface area contributed by atoms with Gasteiger partial charge in [-0.3, -0.25) is 30.3 Å². The molecule has 2 atom stereocenters. The lowest BCUT2D eigenvalue weighted by molar-refractivity contribution is 0.0360. The van der Waals surface area contributed by atoms with Crippen molar-refractivity contribution in [1.29, 1.82) is 10.8 Å². The van der Waals surface area contributed by atoms with Gasteiger partial charge in [0.2, 0.25) is 5.96 Å². The number of amides is 2. The lowest BCUT2D eigenvalue weighted by atomic mass is 9.85. The Morgan fingerprint density at radius 1 is 1.04 bits per heavy atom. The molecule has 0 saturated carbocycles. The molecule has 6 rings (SSSR count). The number of nitrogens with two attached hydrogens (primary N) is 1. The summed E-state index contributed by atoms with van der Waals surface area (Å²) in [5.41, 5.74) is 9.52. The molecule has 0 radical (unpaired) electrons. The Kier molecular flexibility index (Phi) is 11.8. The van der Waals surface area contributed by atoms with E-state index >= 15 is 0 Å². The first-order valence-corrected chi connectivity index (χ1v) is 18.4. The van der Waals surface area contributed by atoms with Crippen LogP contribution in [-0.4, -0.2) is 87.9 Å². The number of amidine groups is 1. The Balaban J connectivity index is 1.14. The number of morpholine rings is 1. The van der Waals surface area contributed by atoms with E-state index in [4.69, 9.17) is 31.0 Å². The standard InChI is InChI=1S/C38H53N11O3/c1-38(2,3)33(39)23-35(43-27-24-42-48(25-27)18-17-46-19-21-51-22-20-46)45-37(50)44-31-12-13-32(30-10-6-5-9-29(30)31)52-28-11-14-34(40)49(26-28)36(41)47-15-7-4-8-16-47/h5-6,9-11,14,23-26,31-32,40-41H,4,7-8,12-13,15-22,39H2,1-3H3,(H2,43,44,45,50)/b33-23-,40-34?,41-36?. The lowest BCUT2D eigenvalue weighted by Gasteiger charge is -2.33. The molecule has 2 unspecified atom stereocenters. The maximum absolute atomic E-state index is 13.6. The fraction of sp³-hybridized carbons (Fsp3) is 0.500. The molecule has 2 aliphatic heterocycles. The van der Waals surface area contributed by atoms with E-state index in [1.807, 2.05) is 60.8 Å². The Morgan fingerprint density at radius 2 is 1.79 bits per heavy atom. The molecule has 3 aliphatic rings. The summed E-state index contributed by atoms with van der Waals surface area (Å²) in [5, 5.41) is 27.8. The van der Waals surface area contributed by atoms with Gasteiger partial charge < -0.3 is 25.4 Å². The van der Waals surface area contributed by atoms with Crippen LogP contribution in [0.15, 0.2) is 71.8 Å². The first-order valence-electron chi connectivity index (χ1n) is 18.4. The average molecular weight is 712 g/mol. The van der Waals surface area contributed by atoms with Crippen molar-refractivity contribution in [2.45, 2.75) is 71.6 Å². The van der Waals surface area contributed by atoms with Gasteiger partial charge in [0.05, 0.1) is 44.4 Å². The van der Waals surface area contributed by atoms with Crippen molar-refractivity contribution in [3.63, 3.8) is 0 Å². The van der Waals surface area contributed by atoms with Gasteiger partial charge >= 0.3 is 6.03 Å². The van der Waals surface area contributed by atoms with Crippen molar-refractivity contribution in [3.05, 3.63) is 83.4 Å². The first-order chi connectivity index (χ1) is 25.0. The zero-order valence-corrected chi connectivity index (χ0v) is 30.6. The van der Waals surface area contributed by atoms with Gasteiger partial charge in [-0.05, 0) is 55.4 Å². The largest absolute Gasteiger partial charge is 0.484 e. The predicted molar refractivity (Wildman–Crippen MR) is 201 cm³/mol. The van der Waals surface area contributed by atoms with Gasteiger partial charge in [-0.15, -0.1) is 0 Å². The number of urea groups is 1. The molecule has 52 heavy (non-hydrogen) atoms. The number of carbonyl (C=O) groups is 1. The fourth-order valence-corrected chi connectivity index (χ4v) is 6.68. The number of pyridine rings is 1. The molecular weight excluding hydrogens is 658 g/mol. The minimum Gasteiger partial charge on any atom is -0.484 e. The van der Waals surface area contributed by atoms with Gasteiger partial charge in [0.15, 0.2) is 0 Å².